The Morgan fingerprint density at radius 3 is 3.14 bits per heavy atom. The third-order valence-corrected chi connectivity index (χ3v) is 5.45. The minimum absolute atomic E-state index is 0.0365. The second-order valence-electron chi connectivity index (χ2n) is 6.06. The van der Waals surface area contributed by atoms with Gasteiger partial charge in [-0.3, -0.25) is 9.69 Å². The van der Waals surface area contributed by atoms with Gasteiger partial charge in [-0.05, 0) is 36.3 Å². The molecule has 2 aliphatic rings. The molecule has 122 valence electrons. The number of carbonyl (C=O) groups excluding carboxylic acids is 1. The average Bonchev–Trinajstić information content (AvgIpc) is 3.02. The van der Waals surface area contributed by atoms with Gasteiger partial charge in [-0.2, -0.15) is 0 Å². The number of morpholine rings is 1. The zero-order valence-electron chi connectivity index (χ0n) is 12.8. The standard InChI is InChI=1S/C16H24N2O3S/c19-12(11-18-5-7-21-8-6-18)10-17-16(20)14-2-1-3-15-13(14)4-9-22-15/h4,9,12,14,19H,1-3,5-8,10-11H2,(H,17,20). The molecule has 0 saturated carbocycles. The molecule has 6 heteroatoms. The number of thiophene rings is 1. The summed E-state index contributed by atoms with van der Waals surface area (Å²) in [7, 11) is 0. The van der Waals surface area contributed by atoms with E-state index < -0.39 is 6.10 Å². The molecule has 1 aliphatic carbocycles. The van der Waals surface area contributed by atoms with Gasteiger partial charge in [0.15, 0.2) is 0 Å². The quantitative estimate of drug-likeness (QED) is 0.847. The highest BCUT2D eigenvalue weighted by molar-refractivity contribution is 7.10. The van der Waals surface area contributed by atoms with Gasteiger partial charge < -0.3 is 15.2 Å². The van der Waals surface area contributed by atoms with Crippen LogP contribution in [-0.4, -0.2) is 61.4 Å². The summed E-state index contributed by atoms with van der Waals surface area (Å²) < 4.78 is 5.29. The van der Waals surface area contributed by atoms with E-state index in [1.54, 1.807) is 11.3 Å². The maximum atomic E-state index is 12.4. The lowest BCUT2D eigenvalue weighted by molar-refractivity contribution is -0.123. The highest BCUT2D eigenvalue weighted by atomic mass is 32.1. The largest absolute Gasteiger partial charge is 0.390 e. The molecule has 2 atom stereocenters. The number of β-amino-alcohol motifs (C(OH)–C–C–N with tert-alkyl or cyclic N) is 1. The number of aryl methyl sites for hydroxylation is 1. The zero-order chi connectivity index (χ0) is 15.4. The van der Waals surface area contributed by atoms with Crippen LogP contribution in [0.4, 0.5) is 0 Å². The van der Waals surface area contributed by atoms with Crippen LogP contribution in [0.3, 0.4) is 0 Å². The van der Waals surface area contributed by atoms with Crippen LogP contribution in [0.5, 0.6) is 0 Å². The first-order chi connectivity index (χ1) is 10.7. The number of hydrogen-bond acceptors (Lipinski definition) is 5. The number of aliphatic hydroxyl groups excluding tert-OH is 1. The number of aliphatic hydroxyl groups is 1. The fourth-order valence-corrected chi connectivity index (χ4v) is 4.23. The number of hydrogen-bond donors (Lipinski definition) is 2. The average molecular weight is 324 g/mol. The number of ether oxygens (including phenoxy) is 1. The molecule has 0 aromatic carbocycles. The SMILES string of the molecule is O=C(NCC(O)CN1CCOCC1)C1CCCc2sccc21. The van der Waals surface area contributed by atoms with Crippen LogP contribution in [-0.2, 0) is 16.0 Å². The van der Waals surface area contributed by atoms with Crippen molar-refractivity contribution in [3.05, 3.63) is 21.9 Å². The molecule has 22 heavy (non-hydrogen) atoms. The van der Waals surface area contributed by atoms with E-state index in [9.17, 15) is 9.90 Å². The Morgan fingerprint density at radius 1 is 1.50 bits per heavy atom. The van der Waals surface area contributed by atoms with Crippen LogP contribution >= 0.6 is 11.3 Å². The second-order valence-corrected chi connectivity index (χ2v) is 7.06. The number of nitrogens with one attached hydrogen (secondary N) is 1. The molecule has 1 saturated heterocycles. The number of fused-ring (bicyclic) bond motifs is 1. The van der Waals surface area contributed by atoms with Crippen LogP contribution in [0, 0.1) is 0 Å². The maximum absolute atomic E-state index is 12.4. The summed E-state index contributed by atoms with van der Waals surface area (Å²) in [4.78, 5) is 15.9. The van der Waals surface area contributed by atoms with Gasteiger partial charge in [0, 0.05) is 31.1 Å². The molecule has 0 spiro atoms. The van der Waals surface area contributed by atoms with E-state index in [1.165, 1.54) is 10.4 Å². The minimum Gasteiger partial charge on any atom is -0.390 e. The Labute approximate surface area is 135 Å². The van der Waals surface area contributed by atoms with Gasteiger partial charge in [0.1, 0.15) is 0 Å². The fourth-order valence-electron chi connectivity index (χ4n) is 3.25. The molecule has 3 rings (SSSR count). The lowest BCUT2D eigenvalue weighted by Gasteiger charge is -2.29. The van der Waals surface area contributed by atoms with Crippen molar-refractivity contribution in [3.8, 4) is 0 Å². The van der Waals surface area contributed by atoms with Crippen LogP contribution in [0.1, 0.15) is 29.2 Å². The monoisotopic (exact) mass is 324 g/mol. The lowest BCUT2D eigenvalue weighted by atomic mass is 9.87. The Hall–Kier alpha value is -0.950. The summed E-state index contributed by atoms with van der Waals surface area (Å²) in [5.41, 5.74) is 1.19. The van der Waals surface area contributed by atoms with Crippen molar-refractivity contribution in [3.63, 3.8) is 0 Å². The van der Waals surface area contributed by atoms with Crippen LogP contribution in [0.15, 0.2) is 11.4 Å². The van der Waals surface area contributed by atoms with E-state index in [-0.39, 0.29) is 11.8 Å². The normalized spacial score (nSPS) is 23.8. The van der Waals surface area contributed by atoms with E-state index in [1.807, 2.05) is 0 Å². The summed E-state index contributed by atoms with van der Waals surface area (Å²) in [5, 5.41) is 15.1. The Balaban J connectivity index is 1.46. The van der Waals surface area contributed by atoms with Crippen LogP contribution < -0.4 is 5.32 Å². The molecule has 1 amide bonds. The number of carbonyl (C=O) groups is 1. The second kappa shape index (κ2) is 7.55. The summed E-state index contributed by atoms with van der Waals surface area (Å²) in [6, 6.07) is 2.08. The van der Waals surface area contributed by atoms with Gasteiger partial charge >= 0.3 is 0 Å². The molecule has 1 aromatic rings. The topological polar surface area (TPSA) is 61.8 Å². The molecule has 5 nitrogen and oxygen atoms in total. The third kappa shape index (κ3) is 3.87. The minimum atomic E-state index is -0.521. The summed E-state index contributed by atoms with van der Waals surface area (Å²) in [6.45, 7) is 4.08. The molecule has 1 fully saturated rings. The van der Waals surface area contributed by atoms with Gasteiger partial charge in [-0.15, -0.1) is 11.3 Å². The van der Waals surface area contributed by atoms with Crippen molar-refractivity contribution in [1.82, 2.24) is 10.2 Å². The van der Waals surface area contributed by atoms with E-state index in [4.69, 9.17) is 4.74 Å². The molecular weight excluding hydrogens is 300 g/mol. The molecule has 2 unspecified atom stereocenters. The van der Waals surface area contributed by atoms with E-state index in [0.717, 1.165) is 45.6 Å². The molecule has 2 heterocycles. The molecule has 2 N–H and O–H groups in total. The summed E-state index contributed by atoms with van der Waals surface area (Å²) >= 11 is 1.75. The smallest absolute Gasteiger partial charge is 0.227 e. The van der Waals surface area contributed by atoms with E-state index >= 15 is 0 Å². The Kier molecular flexibility index (Phi) is 5.46. The Morgan fingerprint density at radius 2 is 2.32 bits per heavy atom. The lowest BCUT2D eigenvalue weighted by Crippen LogP contribution is -2.45. The highest BCUT2D eigenvalue weighted by Crippen LogP contribution is 2.34. The first kappa shape index (κ1) is 15.9. The number of rotatable bonds is 5. The van der Waals surface area contributed by atoms with Crippen LogP contribution in [0.2, 0.25) is 0 Å². The van der Waals surface area contributed by atoms with Crippen molar-refractivity contribution in [2.24, 2.45) is 0 Å². The number of amides is 1. The van der Waals surface area contributed by atoms with Crippen molar-refractivity contribution in [2.45, 2.75) is 31.3 Å². The van der Waals surface area contributed by atoms with Gasteiger partial charge in [0.25, 0.3) is 0 Å². The predicted octanol–water partition coefficient (Wildman–Crippen LogP) is 0.977. The van der Waals surface area contributed by atoms with E-state index in [2.05, 4.69) is 21.7 Å². The van der Waals surface area contributed by atoms with Gasteiger partial charge in [-0.1, -0.05) is 0 Å². The van der Waals surface area contributed by atoms with Crippen molar-refractivity contribution < 1.29 is 14.6 Å². The van der Waals surface area contributed by atoms with Crippen LogP contribution in [0.25, 0.3) is 0 Å². The van der Waals surface area contributed by atoms with E-state index in [0.29, 0.717) is 13.1 Å². The van der Waals surface area contributed by atoms with Gasteiger partial charge in [0.05, 0.1) is 25.2 Å². The molecular formula is C16H24N2O3S. The maximum Gasteiger partial charge on any atom is 0.227 e. The molecule has 0 radical (unpaired) electrons. The first-order valence-corrected chi connectivity index (χ1v) is 8.94. The molecule has 0 bridgehead atoms. The van der Waals surface area contributed by atoms with Crippen molar-refractivity contribution >= 4 is 17.2 Å². The summed E-state index contributed by atoms with van der Waals surface area (Å²) in [5.74, 6) is 0.0194. The highest BCUT2D eigenvalue weighted by Gasteiger charge is 2.27. The van der Waals surface area contributed by atoms with Gasteiger partial charge in [-0.25, -0.2) is 0 Å². The number of nitrogens with zero attached hydrogens (tertiary/aromatic N) is 1. The third-order valence-electron chi connectivity index (χ3n) is 4.45. The Bertz CT molecular complexity index is 499. The molecule has 1 aliphatic heterocycles. The summed E-state index contributed by atoms with van der Waals surface area (Å²) in [6.07, 6.45) is 2.56. The zero-order valence-corrected chi connectivity index (χ0v) is 13.6. The first-order valence-electron chi connectivity index (χ1n) is 8.06. The van der Waals surface area contributed by atoms with Gasteiger partial charge in [0.2, 0.25) is 5.91 Å². The predicted molar refractivity (Wildman–Crippen MR) is 86.3 cm³/mol. The van der Waals surface area contributed by atoms with Crippen molar-refractivity contribution in [2.75, 3.05) is 39.4 Å². The fraction of sp³-hybridized carbons (Fsp3) is 0.688. The molecule has 1 aromatic heterocycles. The van der Waals surface area contributed by atoms with Crippen molar-refractivity contribution in [1.29, 1.82) is 0 Å².